The minimum atomic E-state index is -4.29. The van der Waals surface area contributed by atoms with Crippen molar-refractivity contribution in [2.75, 3.05) is 6.61 Å². The number of nitrogens with one attached hydrogen (secondary N) is 1. The van der Waals surface area contributed by atoms with Gasteiger partial charge in [-0.05, 0) is 25.1 Å². The van der Waals surface area contributed by atoms with Gasteiger partial charge in [-0.25, -0.2) is 9.56 Å². The van der Waals surface area contributed by atoms with Crippen molar-refractivity contribution in [2.24, 2.45) is 15.7 Å². The summed E-state index contributed by atoms with van der Waals surface area (Å²) in [7, 11) is -4.29. The highest BCUT2D eigenvalue weighted by atomic mass is 32.2. The van der Waals surface area contributed by atoms with Crippen molar-refractivity contribution in [2.45, 2.75) is 42.4 Å². The summed E-state index contributed by atoms with van der Waals surface area (Å²) >= 11 is 1.10. The molecule has 0 amide bonds. The second kappa shape index (κ2) is 12.8. The van der Waals surface area contributed by atoms with Crippen molar-refractivity contribution in [1.82, 2.24) is 9.99 Å². The van der Waals surface area contributed by atoms with Gasteiger partial charge in [0.25, 0.3) is 0 Å². The van der Waals surface area contributed by atoms with Gasteiger partial charge < -0.3 is 34.5 Å². The van der Waals surface area contributed by atoms with E-state index in [0.717, 1.165) is 17.8 Å². The fourth-order valence-corrected chi connectivity index (χ4v) is 6.77. The van der Waals surface area contributed by atoms with E-state index in [1.807, 2.05) is 0 Å². The average molecular weight is 611 g/mol. The first kappa shape index (κ1) is 30.2. The molecule has 5 N–H and O–H groups in total. The van der Waals surface area contributed by atoms with Crippen LogP contribution in [-0.2, 0) is 25.2 Å². The molecule has 41 heavy (non-hydrogen) atoms. The molecule has 0 radical (unpaired) electrons. The molecular weight excluding hydrogens is 583 g/mol. The summed E-state index contributed by atoms with van der Waals surface area (Å²) in [5, 5.41) is 33.1. The molecule has 220 valence electrons. The number of rotatable bonds is 12. The molecule has 2 unspecified atom stereocenters. The minimum absolute atomic E-state index is 0.00707. The van der Waals surface area contributed by atoms with Crippen LogP contribution >= 0.6 is 19.5 Å². The van der Waals surface area contributed by atoms with Crippen molar-refractivity contribution in [3.63, 3.8) is 0 Å². The smallest absolute Gasteiger partial charge is 0.456 e. The predicted molar refractivity (Wildman–Crippen MR) is 147 cm³/mol. The number of benzene rings is 1. The molecule has 0 spiro atoms. The van der Waals surface area contributed by atoms with E-state index in [4.69, 9.17) is 23.9 Å². The van der Waals surface area contributed by atoms with Crippen LogP contribution < -0.4 is 15.3 Å². The molecule has 1 fully saturated rings. The standard InChI is InChI=1S/C23H27N6O10PS/c1-13(22(32)36-10-16-8-9-18(38-16)29(33)34)27-40(35,39-15-6-4-3-5-7-15)37-11-17-19(30)20(31)21(41-17)28-12-25-23(24)26-14(28)2/h3-9,12-13,17,19-21,30-31H,2,10-11H2,1H3,(H2,24,26)(H,27,35)/t13-,17+,19-,20?,21+,40?/m0/s1. The second-order valence-corrected chi connectivity index (χ2v) is 11.8. The van der Waals surface area contributed by atoms with Gasteiger partial charge in [-0.15, -0.1) is 11.8 Å². The Balaban J connectivity index is 1.41. The lowest BCUT2D eigenvalue weighted by molar-refractivity contribution is -0.402. The van der Waals surface area contributed by atoms with Gasteiger partial charge in [0, 0.05) is 0 Å². The third-order valence-electron chi connectivity index (χ3n) is 5.73. The van der Waals surface area contributed by atoms with Crippen LogP contribution in [0.3, 0.4) is 0 Å². The van der Waals surface area contributed by atoms with Crippen molar-refractivity contribution >= 4 is 43.7 Å². The Morgan fingerprint density at radius 3 is 2.71 bits per heavy atom. The highest BCUT2D eigenvalue weighted by Crippen LogP contribution is 2.47. The number of esters is 1. The molecular formula is C23H27N6O10PS. The first-order valence-corrected chi connectivity index (χ1v) is 14.5. The van der Waals surface area contributed by atoms with Crippen LogP contribution in [0.4, 0.5) is 5.88 Å². The Morgan fingerprint density at radius 1 is 1.32 bits per heavy atom. The summed E-state index contributed by atoms with van der Waals surface area (Å²) in [6, 6.07) is 9.22. The largest absolute Gasteiger partial charge is 0.459 e. The number of aliphatic hydroxyl groups excluding tert-OH is 2. The Hall–Kier alpha value is -3.73. The quantitative estimate of drug-likeness (QED) is 0.116. The fourth-order valence-electron chi connectivity index (χ4n) is 3.70. The molecule has 1 aromatic carbocycles. The summed E-state index contributed by atoms with van der Waals surface area (Å²) < 4.78 is 35.1. The van der Waals surface area contributed by atoms with Gasteiger partial charge >= 0.3 is 19.6 Å². The van der Waals surface area contributed by atoms with Crippen LogP contribution in [0.15, 0.2) is 69.3 Å². The van der Waals surface area contributed by atoms with Gasteiger partial charge in [0.2, 0.25) is 5.96 Å². The van der Waals surface area contributed by atoms with Crippen molar-refractivity contribution in [3.8, 4) is 5.75 Å². The molecule has 1 aromatic heterocycles. The SMILES string of the molecule is C=C1N=C(N)N=CN1[C@@H]1S[C@H](COP(=O)(N[C@@H](C)C(=O)OCc2ccc([N+](=O)[O-])o2)Oc2ccccc2)[C@H](O)C1O. The van der Waals surface area contributed by atoms with E-state index in [-0.39, 0.29) is 29.9 Å². The van der Waals surface area contributed by atoms with Gasteiger partial charge in [-0.2, -0.15) is 10.1 Å². The monoisotopic (exact) mass is 610 g/mol. The summed E-state index contributed by atoms with van der Waals surface area (Å²) in [4.78, 5) is 31.9. The number of carbonyl (C=O) groups is 1. The Kier molecular flexibility index (Phi) is 9.47. The Bertz CT molecular complexity index is 1390. The first-order valence-electron chi connectivity index (χ1n) is 12.0. The van der Waals surface area contributed by atoms with Crippen molar-refractivity contribution < 1.29 is 42.7 Å². The number of para-hydroxylation sites is 1. The van der Waals surface area contributed by atoms with Crippen LogP contribution in [0.2, 0.25) is 0 Å². The zero-order valence-electron chi connectivity index (χ0n) is 21.5. The molecule has 16 nitrogen and oxygen atoms in total. The second-order valence-electron chi connectivity index (χ2n) is 8.74. The lowest BCUT2D eigenvalue weighted by Gasteiger charge is -2.29. The Morgan fingerprint density at radius 2 is 2.05 bits per heavy atom. The molecule has 2 aromatic rings. The number of furan rings is 1. The van der Waals surface area contributed by atoms with Crippen LogP contribution in [0.5, 0.6) is 5.75 Å². The number of hydrogen-bond acceptors (Lipinski definition) is 15. The van der Waals surface area contributed by atoms with Crippen LogP contribution in [-0.4, -0.2) is 73.8 Å². The maximum atomic E-state index is 13.8. The van der Waals surface area contributed by atoms with Gasteiger partial charge in [-0.1, -0.05) is 24.8 Å². The summed E-state index contributed by atoms with van der Waals surface area (Å²) in [6.45, 7) is 4.35. The van der Waals surface area contributed by atoms with Crippen LogP contribution in [0.25, 0.3) is 0 Å². The molecule has 0 saturated carbocycles. The van der Waals surface area contributed by atoms with Gasteiger partial charge in [0.05, 0.1) is 24.0 Å². The third-order valence-corrected chi connectivity index (χ3v) is 8.93. The number of aliphatic imine (C=N–C) groups is 2. The summed E-state index contributed by atoms with van der Waals surface area (Å²) in [6.07, 6.45) is -1.25. The maximum absolute atomic E-state index is 13.8. The lowest BCUT2D eigenvalue weighted by atomic mass is 10.1. The number of aliphatic hydroxyl groups is 2. The molecule has 0 aliphatic carbocycles. The highest BCUT2D eigenvalue weighted by molar-refractivity contribution is 8.00. The number of nitrogens with zero attached hydrogens (tertiary/aromatic N) is 4. The zero-order valence-corrected chi connectivity index (χ0v) is 23.2. The molecule has 0 bridgehead atoms. The fraction of sp³-hybridized carbons (Fsp3) is 0.348. The van der Waals surface area contributed by atoms with Crippen molar-refractivity contribution in [3.05, 3.63) is 70.7 Å². The number of ether oxygens (including phenoxy) is 1. The number of thioether (sulfide) groups is 1. The number of nitrogens with two attached hydrogens (primary N) is 1. The molecule has 2 aliphatic rings. The summed E-state index contributed by atoms with van der Waals surface area (Å²) in [5.41, 5.74) is 5.57. The molecule has 4 rings (SSSR count). The normalized spacial score (nSPS) is 24.4. The number of guanidine groups is 1. The molecule has 18 heteroatoms. The number of carbonyl (C=O) groups excluding carboxylic acids is 1. The van der Waals surface area contributed by atoms with Gasteiger partial charge in [-0.3, -0.25) is 19.4 Å². The topological polar surface area (TPSA) is 225 Å². The predicted octanol–water partition coefficient (Wildman–Crippen LogP) is 1.71. The van der Waals surface area contributed by atoms with Gasteiger partial charge in [0.1, 0.15) is 52.7 Å². The van der Waals surface area contributed by atoms with Crippen molar-refractivity contribution in [1.29, 1.82) is 0 Å². The maximum Gasteiger partial charge on any atom is 0.459 e. The van der Waals surface area contributed by atoms with E-state index in [9.17, 15) is 29.7 Å². The number of nitro groups is 1. The number of hydrogen-bond donors (Lipinski definition) is 4. The first-order chi connectivity index (χ1) is 19.5. The van der Waals surface area contributed by atoms with Crippen LogP contribution in [0, 0.1) is 10.1 Å². The van der Waals surface area contributed by atoms with E-state index in [1.165, 1.54) is 36.4 Å². The van der Waals surface area contributed by atoms with E-state index >= 15 is 0 Å². The zero-order chi connectivity index (χ0) is 29.7. The Labute approximate surface area is 237 Å². The summed E-state index contributed by atoms with van der Waals surface area (Å²) in [5.74, 6) is -0.984. The average Bonchev–Trinajstić information content (AvgIpc) is 3.52. The molecule has 2 aliphatic heterocycles. The molecule has 1 saturated heterocycles. The third kappa shape index (κ3) is 7.52. The van der Waals surface area contributed by atoms with E-state index in [2.05, 4.69) is 21.7 Å². The van der Waals surface area contributed by atoms with Gasteiger partial charge in [0.15, 0.2) is 0 Å². The van der Waals surface area contributed by atoms with Crippen LogP contribution in [0.1, 0.15) is 12.7 Å². The molecule has 6 atom stereocenters. The minimum Gasteiger partial charge on any atom is -0.456 e. The van der Waals surface area contributed by atoms with E-state index in [1.54, 1.807) is 18.2 Å². The molecule has 3 heterocycles. The highest BCUT2D eigenvalue weighted by Gasteiger charge is 2.47. The van der Waals surface area contributed by atoms with E-state index < -0.39 is 60.0 Å². The van der Waals surface area contributed by atoms with E-state index in [0.29, 0.717) is 0 Å². The lowest BCUT2D eigenvalue weighted by Crippen LogP contribution is -2.43.